The number of aromatic amines is 1. The van der Waals surface area contributed by atoms with E-state index in [-0.39, 0.29) is 17.2 Å². The molecule has 0 saturated heterocycles. The van der Waals surface area contributed by atoms with E-state index in [0.717, 1.165) is 5.69 Å². The number of aromatic nitrogens is 2. The van der Waals surface area contributed by atoms with Crippen molar-refractivity contribution < 1.29 is 9.90 Å². The van der Waals surface area contributed by atoms with Crippen molar-refractivity contribution in [3.8, 4) is 5.75 Å². The van der Waals surface area contributed by atoms with Gasteiger partial charge in [0.05, 0.1) is 17.8 Å². The molecular weight excluding hydrogens is 220 g/mol. The number of phenols is 1. The average molecular weight is 232 g/mol. The number of nitrogens with one attached hydrogen (secondary N) is 2. The zero-order chi connectivity index (χ0) is 12.3. The highest BCUT2D eigenvalue weighted by Gasteiger charge is 2.10. The zero-order valence-electron chi connectivity index (χ0n) is 8.97. The Morgan fingerprint density at radius 3 is 3.00 bits per heavy atom. The summed E-state index contributed by atoms with van der Waals surface area (Å²) in [6, 6.07) is 6.01. The molecule has 0 unspecified atom stereocenters. The number of anilines is 1. The Morgan fingerprint density at radius 1 is 1.47 bits per heavy atom. The predicted octanol–water partition coefficient (Wildman–Crippen LogP) is 0.627. The maximum atomic E-state index is 11.8. The first-order valence-corrected chi connectivity index (χ1v) is 5.02. The molecule has 1 aromatic carbocycles. The van der Waals surface area contributed by atoms with Crippen LogP contribution >= 0.6 is 0 Å². The quantitative estimate of drug-likeness (QED) is 0.460. The van der Waals surface area contributed by atoms with Gasteiger partial charge in [0, 0.05) is 11.9 Å². The largest absolute Gasteiger partial charge is 0.508 e. The Labute approximate surface area is 97.5 Å². The smallest absolute Gasteiger partial charge is 0.253 e. The average Bonchev–Trinajstić information content (AvgIpc) is 2.82. The van der Waals surface area contributed by atoms with Crippen molar-refractivity contribution in [1.29, 1.82) is 0 Å². The Balaban J connectivity index is 2.07. The fraction of sp³-hybridized carbons (Fsp3) is 0.0909. The Morgan fingerprint density at radius 2 is 2.29 bits per heavy atom. The summed E-state index contributed by atoms with van der Waals surface area (Å²) >= 11 is 0. The van der Waals surface area contributed by atoms with Gasteiger partial charge in [-0.1, -0.05) is 0 Å². The van der Waals surface area contributed by atoms with Crippen molar-refractivity contribution in [2.75, 3.05) is 5.73 Å². The van der Waals surface area contributed by atoms with Gasteiger partial charge >= 0.3 is 0 Å². The van der Waals surface area contributed by atoms with E-state index in [0.29, 0.717) is 12.2 Å². The van der Waals surface area contributed by atoms with Crippen LogP contribution in [0.3, 0.4) is 0 Å². The minimum atomic E-state index is -0.340. The number of phenolic OH excluding ortho intramolecular Hbond substituents is 1. The second-order valence-electron chi connectivity index (χ2n) is 3.54. The molecular formula is C11H12N4O2. The van der Waals surface area contributed by atoms with Crippen LogP contribution in [0.4, 0.5) is 5.69 Å². The second kappa shape index (κ2) is 4.56. The van der Waals surface area contributed by atoms with Gasteiger partial charge in [-0.2, -0.15) is 5.10 Å². The molecule has 0 fully saturated rings. The highest BCUT2D eigenvalue weighted by molar-refractivity contribution is 5.99. The maximum absolute atomic E-state index is 11.8. The normalized spacial score (nSPS) is 10.1. The Bertz CT molecular complexity index is 522. The molecule has 0 aliphatic heterocycles. The molecule has 17 heavy (non-hydrogen) atoms. The molecule has 6 heteroatoms. The number of rotatable bonds is 3. The molecule has 5 N–H and O–H groups in total. The van der Waals surface area contributed by atoms with E-state index in [4.69, 9.17) is 5.73 Å². The molecule has 0 bridgehead atoms. The van der Waals surface area contributed by atoms with E-state index in [2.05, 4.69) is 15.5 Å². The molecule has 2 rings (SSSR count). The third-order valence-corrected chi connectivity index (χ3v) is 2.28. The standard InChI is InChI=1S/C11H12N4O2/c12-10-2-1-8(16)5-9(10)11(17)13-6-7-3-4-14-15-7/h1-5,16H,6,12H2,(H,13,17)(H,14,15). The van der Waals surface area contributed by atoms with Crippen LogP contribution in [-0.4, -0.2) is 21.2 Å². The summed E-state index contributed by atoms with van der Waals surface area (Å²) in [5, 5.41) is 18.4. The van der Waals surface area contributed by atoms with Crippen LogP contribution in [0, 0.1) is 0 Å². The summed E-state index contributed by atoms with van der Waals surface area (Å²) in [5.74, 6) is -0.334. The highest BCUT2D eigenvalue weighted by atomic mass is 16.3. The summed E-state index contributed by atoms with van der Waals surface area (Å²) in [4.78, 5) is 11.8. The van der Waals surface area contributed by atoms with Gasteiger partial charge in [-0.05, 0) is 24.3 Å². The van der Waals surface area contributed by atoms with Crippen LogP contribution in [0.2, 0.25) is 0 Å². The van der Waals surface area contributed by atoms with Gasteiger partial charge < -0.3 is 16.2 Å². The van der Waals surface area contributed by atoms with E-state index in [1.54, 1.807) is 12.3 Å². The zero-order valence-corrected chi connectivity index (χ0v) is 8.97. The van der Waals surface area contributed by atoms with Gasteiger partial charge in [0.2, 0.25) is 0 Å². The van der Waals surface area contributed by atoms with E-state index >= 15 is 0 Å². The van der Waals surface area contributed by atoms with E-state index in [9.17, 15) is 9.90 Å². The lowest BCUT2D eigenvalue weighted by Crippen LogP contribution is -2.23. The van der Waals surface area contributed by atoms with E-state index in [1.165, 1.54) is 18.2 Å². The number of nitrogens with two attached hydrogens (primary N) is 1. The van der Waals surface area contributed by atoms with Crippen LogP contribution in [0.1, 0.15) is 16.1 Å². The van der Waals surface area contributed by atoms with Gasteiger partial charge in [0.15, 0.2) is 0 Å². The second-order valence-corrected chi connectivity index (χ2v) is 3.54. The molecule has 88 valence electrons. The SMILES string of the molecule is Nc1ccc(O)cc1C(=O)NCc1ccn[nH]1. The minimum Gasteiger partial charge on any atom is -0.508 e. The number of aromatic hydroxyl groups is 1. The van der Waals surface area contributed by atoms with Gasteiger partial charge in [0.1, 0.15) is 5.75 Å². The van der Waals surface area contributed by atoms with E-state index in [1.807, 2.05) is 0 Å². The lowest BCUT2D eigenvalue weighted by Gasteiger charge is -2.06. The molecule has 0 spiro atoms. The Hall–Kier alpha value is -2.50. The number of H-pyrrole nitrogens is 1. The molecule has 2 aromatic rings. The molecule has 0 aliphatic rings. The number of hydrogen-bond acceptors (Lipinski definition) is 4. The van der Waals surface area contributed by atoms with Crippen molar-refractivity contribution >= 4 is 11.6 Å². The first-order valence-electron chi connectivity index (χ1n) is 5.02. The minimum absolute atomic E-state index is 0.00545. The third-order valence-electron chi connectivity index (χ3n) is 2.28. The van der Waals surface area contributed by atoms with Crippen LogP contribution in [0.5, 0.6) is 5.75 Å². The van der Waals surface area contributed by atoms with Crippen molar-refractivity contribution in [1.82, 2.24) is 15.5 Å². The number of benzene rings is 1. The maximum Gasteiger partial charge on any atom is 0.253 e. The molecule has 1 heterocycles. The van der Waals surface area contributed by atoms with Crippen LogP contribution in [0.15, 0.2) is 30.5 Å². The predicted molar refractivity (Wildman–Crippen MR) is 62.3 cm³/mol. The van der Waals surface area contributed by atoms with Gasteiger partial charge in [-0.15, -0.1) is 0 Å². The molecule has 1 amide bonds. The third kappa shape index (κ3) is 2.54. The number of carbonyl (C=O) groups excluding carboxylic acids is 1. The molecule has 6 nitrogen and oxygen atoms in total. The topological polar surface area (TPSA) is 104 Å². The summed E-state index contributed by atoms with van der Waals surface area (Å²) in [6.07, 6.45) is 1.60. The summed E-state index contributed by atoms with van der Waals surface area (Å²) in [6.45, 7) is 0.327. The molecule has 0 aliphatic carbocycles. The van der Waals surface area contributed by atoms with Gasteiger partial charge in [-0.25, -0.2) is 0 Å². The monoisotopic (exact) mass is 232 g/mol. The highest BCUT2D eigenvalue weighted by Crippen LogP contribution is 2.18. The van der Waals surface area contributed by atoms with Crippen molar-refractivity contribution in [3.63, 3.8) is 0 Å². The Kier molecular flexibility index (Phi) is 2.95. The fourth-order valence-electron chi connectivity index (χ4n) is 1.39. The lowest BCUT2D eigenvalue weighted by molar-refractivity contribution is 0.0951. The summed E-state index contributed by atoms with van der Waals surface area (Å²) < 4.78 is 0. The first-order chi connectivity index (χ1) is 8.16. The summed E-state index contributed by atoms with van der Waals surface area (Å²) in [5.41, 5.74) is 7.01. The van der Waals surface area contributed by atoms with Crippen molar-refractivity contribution in [3.05, 3.63) is 41.7 Å². The van der Waals surface area contributed by atoms with Crippen LogP contribution in [0.25, 0.3) is 0 Å². The van der Waals surface area contributed by atoms with Crippen molar-refractivity contribution in [2.24, 2.45) is 0 Å². The first kappa shape index (κ1) is 11.0. The number of carbonyl (C=O) groups is 1. The van der Waals surface area contributed by atoms with E-state index < -0.39 is 0 Å². The summed E-state index contributed by atoms with van der Waals surface area (Å²) in [7, 11) is 0. The van der Waals surface area contributed by atoms with Crippen molar-refractivity contribution in [2.45, 2.75) is 6.54 Å². The molecule has 0 radical (unpaired) electrons. The van der Waals surface area contributed by atoms with Gasteiger partial charge in [-0.3, -0.25) is 9.89 Å². The molecule has 0 saturated carbocycles. The number of hydrogen-bond donors (Lipinski definition) is 4. The lowest BCUT2D eigenvalue weighted by atomic mass is 10.1. The number of nitrogens with zero attached hydrogens (tertiary/aromatic N) is 1. The van der Waals surface area contributed by atoms with Crippen LogP contribution in [-0.2, 0) is 6.54 Å². The van der Waals surface area contributed by atoms with Crippen LogP contribution < -0.4 is 11.1 Å². The fourth-order valence-corrected chi connectivity index (χ4v) is 1.39. The number of nitrogen functional groups attached to an aromatic ring is 1. The number of amides is 1. The molecule has 0 atom stereocenters. The molecule has 1 aromatic heterocycles. The van der Waals surface area contributed by atoms with Gasteiger partial charge in [0.25, 0.3) is 5.91 Å².